The van der Waals surface area contributed by atoms with Crippen LogP contribution in [0, 0.1) is 6.92 Å². The third-order valence-corrected chi connectivity index (χ3v) is 6.08. The number of thiazole rings is 1. The maximum atomic E-state index is 4.77. The molecule has 2 atom stereocenters. The second-order valence-electron chi connectivity index (χ2n) is 4.80. The van der Waals surface area contributed by atoms with Gasteiger partial charge in [0, 0.05) is 35.0 Å². The predicted octanol–water partition coefficient (Wildman–Crippen LogP) is 2.89. The zero-order valence-corrected chi connectivity index (χ0v) is 13.3. The molecule has 1 aromatic rings. The topological polar surface area (TPSA) is 28.2 Å². The number of anilines is 1. The van der Waals surface area contributed by atoms with Crippen LogP contribution < -0.4 is 10.2 Å². The number of hydrogen-bond acceptors (Lipinski definition) is 5. The molecule has 5 heteroatoms. The molecule has 1 aliphatic heterocycles. The average molecular weight is 285 g/mol. The summed E-state index contributed by atoms with van der Waals surface area (Å²) in [6.07, 6.45) is 0. The van der Waals surface area contributed by atoms with Gasteiger partial charge in [-0.2, -0.15) is 11.8 Å². The van der Waals surface area contributed by atoms with E-state index < -0.39 is 0 Å². The van der Waals surface area contributed by atoms with Gasteiger partial charge in [0.25, 0.3) is 0 Å². The number of rotatable bonds is 4. The Hall–Kier alpha value is -0.260. The fourth-order valence-corrected chi connectivity index (χ4v) is 4.39. The van der Waals surface area contributed by atoms with Gasteiger partial charge >= 0.3 is 0 Å². The smallest absolute Gasteiger partial charge is 0.186 e. The molecule has 1 fully saturated rings. The van der Waals surface area contributed by atoms with E-state index in [1.54, 1.807) is 0 Å². The summed E-state index contributed by atoms with van der Waals surface area (Å²) in [4.78, 5) is 8.63. The highest BCUT2D eigenvalue weighted by Gasteiger charge is 2.27. The number of nitrogens with zero attached hydrogens (tertiary/aromatic N) is 2. The quantitative estimate of drug-likeness (QED) is 0.921. The van der Waals surface area contributed by atoms with Crippen molar-refractivity contribution in [1.29, 1.82) is 0 Å². The van der Waals surface area contributed by atoms with Crippen LogP contribution in [-0.4, -0.2) is 35.1 Å². The van der Waals surface area contributed by atoms with E-state index in [2.05, 4.69) is 49.7 Å². The van der Waals surface area contributed by atoms with Gasteiger partial charge in [0.05, 0.1) is 5.69 Å². The summed E-state index contributed by atoms with van der Waals surface area (Å²) in [5, 5.41) is 5.29. The van der Waals surface area contributed by atoms with Crippen molar-refractivity contribution in [2.75, 3.05) is 23.7 Å². The minimum absolute atomic E-state index is 0.585. The van der Waals surface area contributed by atoms with E-state index in [-0.39, 0.29) is 0 Å². The molecule has 2 heterocycles. The fourth-order valence-electron chi connectivity index (χ4n) is 2.14. The van der Waals surface area contributed by atoms with E-state index in [1.807, 2.05) is 11.3 Å². The van der Waals surface area contributed by atoms with Crippen molar-refractivity contribution in [2.45, 2.75) is 45.5 Å². The second-order valence-corrected chi connectivity index (χ2v) is 7.34. The van der Waals surface area contributed by atoms with Gasteiger partial charge < -0.3 is 10.2 Å². The summed E-state index contributed by atoms with van der Waals surface area (Å²) < 4.78 is 0. The summed E-state index contributed by atoms with van der Waals surface area (Å²) >= 11 is 3.93. The zero-order chi connectivity index (χ0) is 13.1. The molecule has 1 aromatic heterocycles. The molecule has 18 heavy (non-hydrogen) atoms. The van der Waals surface area contributed by atoms with Gasteiger partial charge in [0.15, 0.2) is 5.13 Å². The first kappa shape index (κ1) is 14.2. The largest absolute Gasteiger partial charge is 0.343 e. The fraction of sp³-hybridized carbons (Fsp3) is 0.769. The average Bonchev–Trinajstić information content (AvgIpc) is 2.71. The summed E-state index contributed by atoms with van der Waals surface area (Å²) in [5.74, 6) is 1.21. The van der Waals surface area contributed by atoms with E-state index in [4.69, 9.17) is 4.98 Å². The molecule has 0 radical (unpaired) electrons. The highest BCUT2D eigenvalue weighted by molar-refractivity contribution is 8.00. The Labute approximate surface area is 118 Å². The Morgan fingerprint density at radius 2 is 2.22 bits per heavy atom. The molecule has 0 saturated carbocycles. The number of aryl methyl sites for hydroxylation is 1. The highest BCUT2D eigenvalue weighted by atomic mass is 32.2. The van der Waals surface area contributed by atoms with Crippen molar-refractivity contribution >= 4 is 28.2 Å². The summed E-state index contributed by atoms with van der Waals surface area (Å²) in [5.41, 5.74) is 1.19. The van der Waals surface area contributed by atoms with Crippen LogP contribution in [0.4, 0.5) is 5.13 Å². The molecule has 0 amide bonds. The zero-order valence-electron chi connectivity index (χ0n) is 11.7. The predicted molar refractivity (Wildman–Crippen MR) is 83.0 cm³/mol. The highest BCUT2D eigenvalue weighted by Crippen LogP contribution is 2.33. The van der Waals surface area contributed by atoms with Crippen LogP contribution in [0.3, 0.4) is 0 Å². The molecule has 1 saturated heterocycles. The second kappa shape index (κ2) is 6.26. The number of nitrogens with one attached hydrogen (secondary N) is 1. The van der Waals surface area contributed by atoms with Crippen molar-refractivity contribution in [1.82, 2.24) is 10.3 Å². The Morgan fingerprint density at radius 1 is 1.44 bits per heavy atom. The molecule has 2 unspecified atom stereocenters. The van der Waals surface area contributed by atoms with Crippen molar-refractivity contribution in [2.24, 2.45) is 0 Å². The number of aromatic nitrogens is 1. The first-order valence-electron chi connectivity index (χ1n) is 6.68. The van der Waals surface area contributed by atoms with Gasteiger partial charge in [0.2, 0.25) is 0 Å². The van der Waals surface area contributed by atoms with Crippen LogP contribution >= 0.6 is 23.1 Å². The third-order valence-electron chi connectivity index (χ3n) is 3.55. The van der Waals surface area contributed by atoms with Gasteiger partial charge in [0.1, 0.15) is 0 Å². The Morgan fingerprint density at radius 3 is 2.94 bits per heavy atom. The van der Waals surface area contributed by atoms with Gasteiger partial charge in [-0.15, -0.1) is 11.3 Å². The number of thioether (sulfide) groups is 1. The molecule has 3 nitrogen and oxygen atoms in total. The van der Waals surface area contributed by atoms with Crippen LogP contribution in [0.5, 0.6) is 0 Å². The third kappa shape index (κ3) is 3.00. The van der Waals surface area contributed by atoms with Crippen LogP contribution in [-0.2, 0) is 6.54 Å². The molecular formula is C13H23N3S2. The van der Waals surface area contributed by atoms with Gasteiger partial charge in [-0.05, 0) is 20.4 Å². The number of hydrogen-bond donors (Lipinski definition) is 1. The Bertz CT molecular complexity index is 392. The van der Waals surface area contributed by atoms with E-state index in [0.29, 0.717) is 11.3 Å². The monoisotopic (exact) mass is 285 g/mol. The van der Waals surface area contributed by atoms with Crippen LogP contribution in [0.25, 0.3) is 0 Å². The molecule has 1 aliphatic rings. The van der Waals surface area contributed by atoms with Crippen molar-refractivity contribution in [3.8, 4) is 0 Å². The first-order chi connectivity index (χ1) is 8.63. The minimum atomic E-state index is 0.585. The molecule has 0 bridgehead atoms. The van der Waals surface area contributed by atoms with Crippen molar-refractivity contribution < 1.29 is 0 Å². The maximum Gasteiger partial charge on any atom is 0.186 e. The normalized spacial score (nSPS) is 24.6. The molecule has 102 valence electrons. The SMILES string of the molecule is CCNCc1sc(N2CCSC(C)C2C)nc1C. The Balaban J connectivity index is 2.12. The molecule has 1 N–H and O–H groups in total. The first-order valence-corrected chi connectivity index (χ1v) is 8.55. The van der Waals surface area contributed by atoms with Gasteiger partial charge in [-0.25, -0.2) is 4.98 Å². The molecular weight excluding hydrogens is 262 g/mol. The van der Waals surface area contributed by atoms with Crippen molar-refractivity contribution in [3.63, 3.8) is 0 Å². The summed E-state index contributed by atoms with van der Waals surface area (Å²) in [6.45, 7) is 12.0. The lowest BCUT2D eigenvalue weighted by Gasteiger charge is -2.37. The lowest BCUT2D eigenvalue weighted by molar-refractivity contribution is 0.625. The molecule has 0 aliphatic carbocycles. The summed E-state index contributed by atoms with van der Waals surface area (Å²) in [7, 11) is 0. The van der Waals surface area contributed by atoms with E-state index in [1.165, 1.54) is 21.5 Å². The lowest BCUT2D eigenvalue weighted by Crippen LogP contribution is -2.44. The van der Waals surface area contributed by atoms with Crippen LogP contribution in [0.2, 0.25) is 0 Å². The van der Waals surface area contributed by atoms with E-state index >= 15 is 0 Å². The van der Waals surface area contributed by atoms with Crippen LogP contribution in [0.15, 0.2) is 0 Å². The molecule has 0 spiro atoms. The molecule has 2 rings (SSSR count). The van der Waals surface area contributed by atoms with Crippen molar-refractivity contribution in [3.05, 3.63) is 10.6 Å². The summed E-state index contributed by atoms with van der Waals surface area (Å²) in [6, 6.07) is 0.585. The van der Waals surface area contributed by atoms with Crippen LogP contribution in [0.1, 0.15) is 31.3 Å². The Kier molecular flexibility index (Phi) is 4.92. The maximum absolute atomic E-state index is 4.77. The van der Waals surface area contributed by atoms with Gasteiger partial charge in [-0.3, -0.25) is 0 Å². The standard InChI is InChI=1S/C13H23N3S2/c1-5-14-8-12-9(2)15-13(18-12)16-6-7-17-11(4)10(16)3/h10-11,14H,5-8H2,1-4H3. The van der Waals surface area contributed by atoms with Gasteiger partial charge in [-0.1, -0.05) is 13.8 Å². The lowest BCUT2D eigenvalue weighted by atomic mass is 10.2. The van der Waals surface area contributed by atoms with E-state index in [9.17, 15) is 0 Å². The van der Waals surface area contributed by atoms with E-state index in [0.717, 1.165) is 19.6 Å². The minimum Gasteiger partial charge on any atom is -0.343 e. The molecule has 0 aromatic carbocycles.